The molecule has 2 aromatic carbocycles. The number of para-hydroxylation sites is 1. The first-order chi connectivity index (χ1) is 17.6. The fourth-order valence-electron chi connectivity index (χ4n) is 3.36. The molecule has 0 aliphatic heterocycles. The van der Waals surface area contributed by atoms with Crippen LogP contribution in [0.15, 0.2) is 77.2 Å². The van der Waals surface area contributed by atoms with Crippen molar-refractivity contribution in [3.8, 4) is 34.3 Å². The maximum Gasteiger partial charge on any atom is 0.250 e. The molecule has 4 rings (SSSR count). The molecule has 0 radical (unpaired) electrons. The number of aromatic nitrogens is 4. The third-order valence-corrected chi connectivity index (χ3v) is 5.92. The van der Waals surface area contributed by atoms with Gasteiger partial charge in [0.1, 0.15) is 0 Å². The Balaban J connectivity index is 1.61. The highest BCUT2D eigenvalue weighted by molar-refractivity contribution is 7.99. The van der Waals surface area contributed by atoms with Crippen molar-refractivity contribution in [2.75, 3.05) is 27.1 Å². The summed E-state index contributed by atoms with van der Waals surface area (Å²) in [7, 11) is 4.66. The maximum atomic E-state index is 12.4. The number of nitrogens with zero attached hydrogens (tertiary/aromatic N) is 5. The molecule has 0 bridgehead atoms. The lowest BCUT2D eigenvalue weighted by Gasteiger charge is -2.15. The molecule has 11 heteroatoms. The van der Waals surface area contributed by atoms with Gasteiger partial charge in [0.05, 0.1) is 33.3 Å². The molecule has 1 N–H and O–H groups in total. The molecule has 10 nitrogen and oxygen atoms in total. The number of carbonyl (C=O) groups excluding carboxylic acids is 1. The van der Waals surface area contributed by atoms with Crippen LogP contribution in [0.2, 0.25) is 0 Å². The number of benzene rings is 2. The zero-order chi connectivity index (χ0) is 25.3. The second kappa shape index (κ2) is 11.8. The molecular formula is C25H24N6O4S. The van der Waals surface area contributed by atoms with Crippen molar-refractivity contribution in [2.45, 2.75) is 5.16 Å². The molecule has 0 aliphatic carbocycles. The molecule has 4 aromatic rings. The van der Waals surface area contributed by atoms with E-state index in [0.717, 1.165) is 11.3 Å². The van der Waals surface area contributed by atoms with Crippen molar-refractivity contribution in [1.82, 2.24) is 25.2 Å². The first-order valence-electron chi connectivity index (χ1n) is 10.8. The zero-order valence-corrected chi connectivity index (χ0v) is 20.7. The Morgan fingerprint density at radius 2 is 1.78 bits per heavy atom. The molecule has 0 saturated heterocycles. The number of carbonyl (C=O) groups is 1. The van der Waals surface area contributed by atoms with Gasteiger partial charge in [0, 0.05) is 29.2 Å². The number of hydrogen-bond acceptors (Lipinski definition) is 9. The van der Waals surface area contributed by atoms with Gasteiger partial charge in [-0.3, -0.25) is 14.3 Å². The minimum absolute atomic E-state index is 0.0879. The fraction of sp³-hybridized carbons (Fsp3) is 0.160. The molecule has 2 heterocycles. The molecule has 0 saturated carbocycles. The molecule has 1 amide bonds. The maximum absolute atomic E-state index is 12.4. The van der Waals surface area contributed by atoms with E-state index in [4.69, 9.17) is 14.2 Å². The Morgan fingerprint density at radius 3 is 2.42 bits per heavy atom. The van der Waals surface area contributed by atoms with Gasteiger partial charge in [0.2, 0.25) is 5.75 Å². The first-order valence-corrected chi connectivity index (χ1v) is 11.8. The van der Waals surface area contributed by atoms with Crippen LogP contribution < -0.4 is 19.6 Å². The van der Waals surface area contributed by atoms with E-state index in [1.54, 1.807) is 51.9 Å². The summed E-state index contributed by atoms with van der Waals surface area (Å²) in [6.07, 6.45) is 4.85. The topological polar surface area (TPSA) is 113 Å². The van der Waals surface area contributed by atoms with Crippen LogP contribution in [0.1, 0.15) is 5.56 Å². The van der Waals surface area contributed by atoms with Gasteiger partial charge in [0.25, 0.3) is 5.91 Å². The molecule has 36 heavy (non-hydrogen) atoms. The van der Waals surface area contributed by atoms with Gasteiger partial charge in [-0.05, 0) is 30.3 Å². The Bertz CT molecular complexity index is 1320. The third kappa shape index (κ3) is 5.63. The molecule has 0 spiro atoms. The van der Waals surface area contributed by atoms with Crippen molar-refractivity contribution in [3.05, 3.63) is 72.6 Å². The van der Waals surface area contributed by atoms with Gasteiger partial charge in [-0.2, -0.15) is 5.10 Å². The van der Waals surface area contributed by atoms with Crippen LogP contribution in [0.5, 0.6) is 17.2 Å². The van der Waals surface area contributed by atoms with Gasteiger partial charge in [0.15, 0.2) is 22.5 Å². The summed E-state index contributed by atoms with van der Waals surface area (Å²) in [5, 5.41) is 13.3. The van der Waals surface area contributed by atoms with E-state index in [-0.39, 0.29) is 11.7 Å². The van der Waals surface area contributed by atoms with Crippen molar-refractivity contribution in [3.63, 3.8) is 0 Å². The summed E-state index contributed by atoms with van der Waals surface area (Å²) in [5.41, 5.74) is 4.84. The number of hydrazone groups is 1. The largest absolute Gasteiger partial charge is 0.493 e. The monoisotopic (exact) mass is 504 g/mol. The smallest absolute Gasteiger partial charge is 0.250 e. The van der Waals surface area contributed by atoms with Crippen molar-refractivity contribution < 1.29 is 19.0 Å². The van der Waals surface area contributed by atoms with Crippen LogP contribution in [0.4, 0.5) is 0 Å². The van der Waals surface area contributed by atoms with Crippen molar-refractivity contribution in [2.24, 2.45) is 5.10 Å². The summed E-state index contributed by atoms with van der Waals surface area (Å²) in [4.78, 5) is 16.4. The van der Waals surface area contributed by atoms with E-state index in [1.807, 2.05) is 41.0 Å². The van der Waals surface area contributed by atoms with Gasteiger partial charge in [-0.1, -0.05) is 36.0 Å². The molecule has 0 fully saturated rings. The van der Waals surface area contributed by atoms with E-state index in [2.05, 4.69) is 25.7 Å². The van der Waals surface area contributed by atoms with Crippen LogP contribution in [0.25, 0.3) is 17.1 Å². The highest BCUT2D eigenvalue weighted by Crippen LogP contribution is 2.41. The van der Waals surface area contributed by atoms with E-state index in [0.29, 0.717) is 33.8 Å². The van der Waals surface area contributed by atoms with Crippen molar-refractivity contribution in [1.29, 1.82) is 0 Å². The average Bonchev–Trinajstić information content (AvgIpc) is 3.36. The summed E-state index contributed by atoms with van der Waals surface area (Å²) in [6.45, 7) is 0. The average molecular weight is 505 g/mol. The number of ether oxygens (including phenoxy) is 3. The quantitative estimate of drug-likeness (QED) is 0.198. The number of nitrogens with one attached hydrogen (secondary N) is 1. The van der Waals surface area contributed by atoms with Crippen LogP contribution >= 0.6 is 11.8 Å². The normalized spacial score (nSPS) is 10.9. The summed E-state index contributed by atoms with van der Waals surface area (Å²) in [5.74, 6) is 1.83. The highest BCUT2D eigenvalue weighted by atomic mass is 32.2. The minimum Gasteiger partial charge on any atom is -0.493 e. The van der Waals surface area contributed by atoms with Gasteiger partial charge < -0.3 is 14.2 Å². The number of methoxy groups -OCH3 is 3. The van der Waals surface area contributed by atoms with Crippen molar-refractivity contribution >= 4 is 23.9 Å². The number of hydrogen-bond donors (Lipinski definition) is 1. The fourth-order valence-corrected chi connectivity index (χ4v) is 4.11. The lowest BCUT2D eigenvalue weighted by atomic mass is 10.1. The first kappa shape index (κ1) is 24.7. The molecule has 0 unspecified atom stereocenters. The lowest BCUT2D eigenvalue weighted by molar-refractivity contribution is -0.118. The standard InChI is InChI=1S/C25H24N6O4S/c1-33-20-12-18(13-21(34-2)23(20)35-3)24-29-30-25(31(24)19-9-5-4-6-10-19)36-16-22(32)28-27-15-17-8-7-11-26-14-17/h4-15H,16H2,1-3H3,(H,28,32)/b27-15+. The van der Waals surface area contributed by atoms with E-state index < -0.39 is 0 Å². The third-order valence-electron chi connectivity index (χ3n) is 4.99. The molecule has 0 atom stereocenters. The number of thioether (sulfide) groups is 1. The number of amides is 1. The Labute approximate surface area is 212 Å². The summed E-state index contributed by atoms with van der Waals surface area (Å²) in [6, 6.07) is 16.9. The lowest BCUT2D eigenvalue weighted by Crippen LogP contribution is -2.20. The summed E-state index contributed by atoms with van der Waals surface area (Å²) < 4.78 is 18.3. The van der Waals surface area contributed by atoms with E-state index in [1.165, 1.54) is 18.0 Å². The van der Waals surface area contributed by atoms with E-state index >= 15 is 0 Å². The van der Waals surface area contributed by atoms with Crippen LogP contribution in [0.3, 0.4) is 0 Å². The van der Waals surface area contributed by atoms with Gasteiger partial charge in [-0.25, -0.2) is 5.43 Å². The highest BCUT2D eigenvalue weighted by Gasteiger charge is 2.21. The van der Waals surface area contributed by atoms with Crippen LogP contribution in [-0.2, 0) is 4.79 Å². The van der Waals surface area contributed by atoms with Crippen LogP contribution in [0, 0.1) is 0 Å². The SMILES string of the molecule is COc1cc(-c2nnc(SCC(=O)N/N=C/c3cccnc3)n2-c2ccccc2)cc(OC)c1OC. The Kier molecular flexibility index (Phi) is 8.14. The molecule has 2 aromatic heterocycles. The number of rotatable bonds is 10. The predicted molar refractivity (Wildman–Crippen MR) is 137 cm³/mol. The molecular weight excluding hydrogens is 480 g/mol. The number of pyridine rings is 1. The Morgan fingerprint density at radius 1 is 1.03 bits per heavy atom. The van der Waals surface area contributed by atoms with Gasteiger partial charge in [-0.15, -0.1) is 10.2 Å². The van der Waals surface area contributed by atoms with Gasteiger partial charge >= 0.3 is 0 Å². The van der Waals surface area contributed by atoms with Crippen LogP contribution in [-0.4, -0.2) is 59.0 Å². The predicted octanol–water partition coefficient (Wildman–Crippen LogP) is 3.60. The molecule has 0 aliphatic rings. The van der Waals surface area contributed by atoms with E-state index in [9.17, 15) is 4.79 Å². The second-order valence-electron chi connectivity index (χ2n) is 7.26. The Hall–Kier alpha value is -4.38. The summed E-state index contributed by atoms with van der Waals surface area (Å²) >= 11 is 1.24. The zero-order valence-electron chi connectivity index (χ0n) is 19.9. The second-order valence-corrected chi connectivity index (χ2v) is 8.20. The minimum atomic E-state index is -0.280. The molecule has 184 valence electrons.